The van der Waals surface area contributed by atoms with Gasteiger partial charge in [-0.05, 0) is 30.6 Å². The van der Waals surface area contributed by atoms with Gasteiger partial charge in [-0.3, -0.25) is 4.79 Å². The Kier molecular flexibility index (Phi) is 4.14. The molecule has 1 saturated heterocycles. The molecule has 5 heteroatoms. The fraction of sp³-hybridized carbons (Fsp3) is 0.938. The van der Waals surface area contributed by atoms with E-state index in [0.29, 0.717) is 11.3 Å². The highest BCUT2D eigenvalue weighted by atomic mass is 35.5. The van der Waals surface area contributed by atoms with Crippen molar-refractivity contribution in [3.05, 3.63) is 0 Å². The van der Waals surface area contributed by atoms with Crippen LogP contribution >= 0.6 is 12.4 Å². The molecule has 3 aliphatic rings. The van der Waals surface area contributed by atoms with Gasteiger partial charge >= 0.3 is 0 Å². The largest absolute Gasteiger partial charge is 0.377 e. The van der Waals surface area contributed by atoms with Crippen LogP contribution in [0.15, 0.2) is 0 Å². The number of carbonyl (C=O) groups is 1. The smallest absolute Gasteiger partial charge is 0.241 e. The minimum absolute atomic E-state index is 0. The monoisotopic (exact) mass is 316 g/mol. The van der Waals surface area contributed by atoms with Crippen LogP contribution in [0.2, 0.25) is 0 Å². The van der Waals surface area contributed by atoms with Gasteiger partial charge in [-0.25, -0.2) is 0 Å². The maximum absolute atomic E-state index is 12.7. The predicted octanol–water partition coefficient (Wildman–Crippen LogP) is 2.10. The molecule has 122 valence electrons. The Balaban J connectivity index is 0.00000161. The van der Waals surface area contributed by atoms with Gasteiger partial charge in [0, 0.05) is 24.5 Å². The summed E-state index contributed by atoms with van der Waals surface area (Å²) in [5.41, 5.74) is 5.91. The molecule has 3 N–H and O–H groups in total. The summed E-state index contributed by atoms with van der Waals surface area (Å²) in [6, 6.07) is 0. The van der Waals surface area contributed by atoms with Crippen LogP contribution in [0, 0.1) is 22.7 Å². The Hall–Kier alpha value is -0.320. The van der Waals surface area contributed by atoms with Gasteiger partial charge in [-0.15, -0.1) is 12.4 Å². The molecule has 4 nitrogen and oxygen atoms in total. The fourth-order valence-electron chi connectivity index (χ4n) is 4.32. The molecule has 0 aromatic rings. The average molecular weight is 317 g/mol. The standard InChI is InChI=1S/C16H28N2O2.ClH/c1-14(2)8-10(14)9-18-13(19)16(17)11-6-5-7-20-12(11)15(16,3)4;/h10-12H,5-9,17H2,1-4H3,(H,18,19);1H. The number of ether oxygens (including phenoxy) is 1. The summed E-state index contributed by atoms with van der Waals surface area (Å²) in [5.74, 6) is 0.812. The van der Waals surface area contributed by atoms with Crippen LogP contribution in [0.4, 0.5) is 0 Å². The molecule has 0 radical (unpaired) electrons. The van der Waals surface area contributed by atoms with Crippen molar-refractivity contribution in [3.8, 4) is 0 Å². The molecule has 3 rings (SSSR count). The number of hydrogen-bond donors (Lipinski definition) is 2. The first kappa shape index (κ1) is 17.0. The number of carbonyl (C=O) groups excluding carboxylic acids is 1. The van der Waals surface area contributed by atoms with Crippen LogP contribution in [0.5, 0.6) is 0 Å². The zero-order chi connectivity index (χ0) is 14.8. The molecule has 0 aromatic heterocycles. The van der Waals surface area contributed by atoms with Crippen molar-refractivity contribution in [2.75, 3.05) is 13.2 Å². The van der Waals surface area contributed by atoms with Gasteiger partial charge in [0.1, 0.15) is 5.54 Å². The topological polar surface area (TPSA) is 64.4 Å². The summed E-state index contributed by atoms with van der Waals surface area (Å²) < 4.78 is 5.85. The number of nitrogens with one attached hydrogen (secondary N) is 1. The van der Waals surface area contributed by atoms with Gasteiger partial charge in [0.2, 0.25) is 5.91 Å². The molecule has 2 saturated carbocycles. The molecule has 1 heterocycles. The number of halogens is 1. The third-order valence-corrected chi connectivity index (χ3v) is 6.29. The number of nitrogens with two attached hydrogens (primary N) is 1. The molecule has 1 aliphatic heterocycles. The minimum atomic E-state index is -0.767. The Labute approximate surface area is 134 Å². The molecular weight excluding hydrogens is 288 g/mol. The normalized spacial score (nSPS) is 42.0. The Morgan fingerprint density at radius 2 is 1.95 bits per heavy atom. The van der Waals surface area contributed by atoms with Crippen LogP contribution < -0.4 is 11.1 Å². The van der Waals surface area contributed by atoms with Gasteiger partial charge in [-0.2, -0.15) is 0 Å². The quantitative estimate of drug-likeness (QED) is 0.838. The predicted molar refractivity (Wildman–Crippen MR) is 85.3 cm³/mol. The highest BCUT2D eigenvalue weighted by Crippen LogP contribution is 2.57. The van der Waals surface area contributed by atoms with E-state index in [-0.39, 0.29) is 35.8 Å². The zero-order valence-corrected chi connectivity index (χ0v) is 14.4. The molecule has 3 fully saturated rings. The summed E-state index contributed by atoms with van der Waals surface area (Å²) >= 11 is 0. The third kappa shape index (κ3) is 2.30. The van der Waals surface area contributed by atoms with E-state index in [2.05, 4.69) is 33.0 Å². The molecule has 0 aromatic carbocycles. The Bertz CT molecular complexity index is 438. The lowest BCUT2D eigenvalue weighted by Crippen LogP contribution is -2.82. The highest BCUT2D eigenvalue weighted by molar-refractivity contribution is 5.89. The van der Waals surface area contributed by atoms with Crippen molar-refractivity contribution in [2.45, 2.75) is 58.6 Å². The first-order chi connectivity index (χ1) is 9.21. The van der Waals surface area contributed by atoms with Gasteiger partial charge in [0.15, 0.2) is 0 Å². The minimum Gasteiger partial charge on any atom is -0.377 e. The lowest BCUT2D eigenvalue weighted by molar-refractivity contribution is -0.225. The van der Waals surface area contributed by atoms with E-state index in [4.69, 9.17) is 10.5 Å². The van der Waals surface area contributed by atoms with Crippen molar-refractivity contribution < 1.29 is 9.53 Å². The third-order valence-electron chi connectivity index (χ3n) is 6.29. The summed E-state index contributed by atoms with van der Waals surface area (Å²) in [5, 5.41) is 3.11. The van der Waals surface area contributed by atoms with Crippen LogP contribution in [0.1, 0.15) is 47.0 Å². The van der Waals surface area contributed by atoms with E-state index in [9.17, 15) is 4.79 Å². The average Bonchev–Trinajstić information content (AvgIpc) is 3.02. The van der Waals surface area contributed by atoms with Gasteiger partial charge < -0.3 is 15.8 Å². The molecule has 4 unspecified atom stereocenters. The van der Waals surface area contributed by atoms with Crippen LogP contribution in [0.3, 0.4) is 0 Å². The Morgan fingerprint density at radius 3 is 2.52 bits per heavy atom. The summed E-state index contributed by atoms with van der Waals surface area (Å²) in [4.78, 5) is 12.7. The molecule has 0 bridgehead atoms. The van der Waals surface area contributed by atoms with Crippen LogP contribution in [0.25, 0.3) is 0 Å². The van der Waals surface area contributed by atoms with Crippen molar-refractivity contribution in [1.82, 2.24) is 5.32 Å². The number of amides is 1. The fourth-order valence-corrected chi connectivity index (χ4v) is 4.32. The Morgan fingerprint density at radius 1 is 1.33 bits per heavy atom. The van der Waals surface area contributed by atoms with Gasteiger partial charge in [0.25, 0.3) is 0 Å². The van der Waals surface area contributed by atoms with E-state index in [1.807, 2.05) is 0 Å². The van der Waals surface area contributed by atoms with E-state index < -0.39 is 5.54 Å². The second-order valence-electron chi connectivity index (χ2n) is 8.23. The SMILES string of the molecule is CC1(C)CC1CNC(=O)C1(N)C2CCCOC2C1(C)C.Cl. The second-order valence-corrected chi connectivity index (χ2v) is 8.23. The summed E-state index contributed by atoms with van der Waals surface area (Å²) in [7, 11) is 0. The number of rotatable bonds is 3. The highest BCUT2D eigenvalue weighted by Gasteiger charge is 2.70. The number of hydrogen-bond acceptors (Lipinski definition) is 3. The van der Waals surface area contributed by atoms with E-state index in [1.165, 1.54) is 6.42 Å². The lowest BCUT2D eigenvalue weighted by atomic mass is 9.46. The van der Waals surface area contributed by atoms with E-state index in [1.54, 1.807) is 0 Å². The van der Waals surface area contributed by atoms with E-state index in [0.717, 1.165) is 26.0 Å². The van der Waals surface area contributed by atoms with E-state index >= 15 is 0 Å². The van der Waals surface area contributed by atoms with Crippen LogP contribution in [-0.2, 0) is 9.53 Å². The molecule has 1 amide bonds. The maximum Gasteiger partial charge on any atom is 0.241 e. The maximum atomic E-state index is 12.7. The zero-order valence-electron chi connectivity index (χ0n) is 13.6. The van der Waals surface area contributed by atoms with Crippen molar-refractivity contribution in [3.63, 3.8) is 0 Å². The van der Waals surface area contributed by atoms with Gasteiger partial charge in [0.05, 0.1) is 6.10 Å². The molecule has 0 spiro atoms. The van der Waals surface area contributed by atoms with Gasteiger partial charge in [-0.1, -0.05) is 27.7 Å². The van der Waals surface area contributed by atoms with Crippen molar-refractivity contribution in [2.24, 2.45) is 28.4 Å². The van der Waals surface area contributed by atoms with Crippen LogP contribution in [-0.4, -0.2) is 30.7 Å². The molecular formula is C16H29ClN2O2. The first-order valence-corrected chi connectivity index (χ1v) is 7.90. The van der Waals surface area contributed by atoms with Crippen molar-refractivity contribution in [1.29, 1.82) is 0 Å². The second kappa shape index (κ2) is 5.10. The molecule has 4 atom stereocenters. The first-order valence-electron chi connectivity index (χ1n) is 7.90. The summed E-state index contributed by atoms with van der Waals surface area (Å²) in [6.45, 7) is 10.2. The van der Waals surface area contributed by atoms with Crippen molar-refractivity contribution >= 4 is 18.3 Å². The lowest BCUT2D eigenvalue weighted by Gasteiger charge is -2.65. The number of fused-ring (bicyclic) bond motifs is 1. The molecule has 2 aliphatic carbocycles. The molecule has 21 heavy (non-hydrogen) atoms. The summed E-state index contributed by atoms with van der Waals surface area (Å²) in [6.07, 6.45) is 3.36.